The van der Waals surface area contributed by atoms with Crippen LogP contribution in [0.1, 0.15) is 27.9 Å². The van der Waals surface area contributed by atoms with E-state index in [1.807, 2.05) is 11.0 Å². The smallest absolute Gasteiger partial charge is 0.261 e. The topological polar surface area (TPSA) is 47.4 Å². The minimum absolute atomic E-state index is 0.0210. The highest BCUT2D eigenvalue weighted by Gasteiger charge is 2.27. The van der Waals surface area contributed by atoms with Gasteiger partial charge in [0, 0.05) is 26.1 Å². The van der Waals surface area contributed by atoms with Gasteiger partial charge in [-0.2, -0.15) is 5.10 Å². The molecule has 1 aromatic heterocycles. The van der Waals surface area contributed by atoms with Crippen LogP contribution < -0.4 is 4.74 Å². The van der Waals surface area contributed by atoms with Crippen LogP contribution in [0.15, 0.2) is 30.5 Å². The molecular weight excluding hydrogens is 266 g/mol. The van der Waals surface area contributed by atoms with Crippen LogP contribution in [0, 0.1) is 0 Å². The molecule has 108 valence electrons. The van der Waals surface area contributed by atoms with E-state index in [-0.39, 0.29) is 5.91 Å². The van der Waals surface area contributed by atoms with Gasteiger partial charge in [0.25, 0.3) is 5.91 Å². The number of hydrogen-bond acceptors (Lipinski definition) is 3. The van der Waals surface area contributed by atoms with Crippen LogP contribution in [0.5, 0.6) is 5.88 Å². The third kappa shape index (κ3) is 2.09. The molecule has 0 unspecified atom stereocenters. The number of nitrogens with zero attached hydrogens (tertiary/aromatic N) is 3. The van der Waals surface area contributed by atoms with Crippen molar-refractivity contribution in [3.05, 3.63) is 47.2 Å². The van der Waals surface area contributed by atoms with Crippen LogP contribution >= 0.6 is 0 Å². The maximum absolute atomic E-state index is 12.7. The number of amides is 1. The summed E-state index contributed by atoms with van der Waals surface area (Å²) in [5, 5.41) is 4.26. The summed E-state index contributed by atoms with van der Waals surface area (Å²) in [5.74, 6) is 0.651. The van der Waals surface area contributed by atoms with E-state index in [0.29, 0.717) is 24.6 Å². The van der Waals surface area contributed by atoms with E-state index >= 15 is 0 Å². The van der Waals surface area contributed by atoms with Gasteiger partial charge in [0.1, 0.15) is 5.56 Å². The summed E-state index contributed by atoms with van der Waals surface area (Å²) in [6, 6.07) is 8.32. The summed E-state index contributed by atoms with van der Waals surface area (Å²) in [5.41, 5.74) is 3.17. The molecule has 5 nitrogen and oxygen atoms in total. The second-order valence-electron chi connectivity index (χ2n) is 5.53. The summed E-state index contributed by atoms with van der Waals surface area (Å²) < 4.78 is 7.42. The van der Waals surface area contributed by atoms with Crippen LogP contribution in [0.25, 0.3) is 0 Å². The van der Waals surface area contributed by atoms with Crippen molar-refractivity contribution in [3.63, 3.8) is 0 Å². The Hall–Kier alpha value is -2.30. The molecule has 1 amide bonds. The Bertz CT molecular complexity index is 693. The molecule has 5 heteroatoms. The van der Waals surface area contributed by atoms with Gasteiger partial charge in [-0.25, -0.2) is 4.68 Å². The molecule has 2 aliphatic heterocycles. The third-order valence-corrected chi connectivity index (χ3v) is 4.19. The van der Waals surface area contributed by atoms with E-state index < -0.39 is 0 Å². The number of aromatic nitrogens is 2. The first kappa shape index (κ1) is 12.4. The van der Waals surface area contributed by atoms with Crippen molar-refractivity contribution in [1.82, 2.24) is 14.7 Å². The second-order valence-corrected chi connectivity index (χ2v) is 5.53. The molecule has 0 bridgehead atoms. The van der Waals surface area contributed by atoms with E-state index in [4.69, 9.17) is 4.74 Å². The molecule has 21 heavy (non-hydrogen) atoms. The van der Waals surface area contributed by atoms with Gasteiger partial charge in [0.2, 0.25) is 5.88 Å². The van der Waals surface area contributed by atoms with Crippen molar-refractivity contribution in [2.75, 3.05) is 13.2 Å². The zero-order chi connectivity index (χ0) is 14.2. The Morgan fingerprint density at radius 2 is 2.05 bits per heavy atom. The molecule has 2 aliphatic rings. The van der Waals surface area contributed by atoms with Gasteiger partial charge in [-0.1, -0.05) is 24.3 Å². The van der Waals surface area contributed by atoms with Crippen LogP contribution in [-0.4, -0.2) is 33.7 Å². The number of carbonyl (C=O) groups is 1. The van der Waals surface area contributed by atoms with Gasteiger partial charge in [-0.15, -0.1) is 0 Å². The molecule has 2 aromatic rings. The molecule has 0 N–H and O–H groups in total. The Labute approximate surface area is 123 Å². The SMILES string of the molecule is O=C(c1cnn2c1OCCC2)N1CCc2ccccc2C1. The van der Waals surface area contributed by atoms with Gasteiger partial charge in [0.05, 0.1) is 12.8 Å². The van der Waals surface area contributed by atoms with Crippen LogP contribution in [0.2, 0.25) is 0 Å². The molecule has 0 aliphatic carbocycles. The molecule has 0 fully saturated rings. The largest absolute Gasteiger partial charge is 0.477 e. The molecule has 0 saturated carbocycles. The first-order valence-electron chi connectivity index (χ1n) is 7.37. The van der Waals surface area contributed by atoms with E-state index in [0.717, 1.165) is 25.9 Å². The lowest BCUT2D eigenvalue weighted by atomic mass is 9.99. The molecular formula is C16H17N3O2. The van der Waals surface area contributed by atoms with Crippen molar-refractivity contribution in [2.24, 2.45) is 0 Å². The number of aryl methyl sites for hydroxylation is 1. The van der Waals surface area contributed by atoms with E-state index in [2.05, 4.69) is 23.3 Å². The minimum Gasteiger partial charge on any atom is -0.477 e. The average Bonchev–Trinajstić information content (AvgIpc) is 2.98. The standard InChI is InChI=1S/C16H17N3O2/c20-15(14-10-17-19-7-3-9-21-16(14)19)18-8-6-12-4-1-2-5-13(12)11-18/h1-2,4-5,10H,3,6-9,11H2. The number of benzene rings is 1. The molecule has 0 spiro atoms. The van der Waals surface area contributed by atoms with Crippen LogP contribution in [0.4, 0.5) is 0 Å². The van der Waals surface area contributed by atoms with Crippen LogP contribution in [0.3, 0.4) is 0 Å². The normalized spacial score (nSPS) is 16.9. The third-order valence-electron chi connectivity index (χ3n) is 4.19. The molecule has 0 saturated heterocycles. The molecule has 0 atom stereocenters. The van der Waals surface area contributed by atoms with Crippen molar-refractivity contribution in [3.8, 4) is 5.88 Å². The highest BCUT2D eigenvalue weighted by molar-refractivity contribution is 5.96. The number of carbonyl (C=O) groups excluding carboxylic acids is 1. The Morgan fingerprint density at radius 3 is 2.95 bits per heavy atom. The fraction of sp³-hybridized carbons (Fsp3) is 0.375. The fourth-order valence-electron chi connectivity index (χ4n) is 3.05. The predicted molar refractivity (Wildman–Crippen MR) is 77.2 cm³/mol. The average molecular weight is 283 g/mol. The Kier molecular flexibility index (Phi) is 2.91. The number of fused-ring (bicyclic) bond motifs is 2. The van der Waals surface area contributed by atoms with Gasteiger partial charge >= 0.3 is 0 Å². The van der Waals surface area contributed by atoms with Crippen LogP contribution in [-0.2, 0) is 19.5 Å². The molecule has 3 heterocycles. The first-order chi connectivity index (χ1) is 10.3. The first-order valence-corrected chi connectivity index (χ1v) is 7.37. The maximum Gasteiger partial charge on any atom is 0.261 e. The quantitative estimate of drug-likeness (QED) is 0.802. The molecule has 0 radical (unpaired) electrons. The van der Waals surface area contributed by atoms with Gasteiger partial charge in [0.15, 0.2) is 0 Å². The van der Waals surface area contributed by atoms with Gasteiger partial charge in [-0.3, -0.25) is 4.79 Å². The lowest BCUT2D eigenvalue weighted by molar-refractivity contribution is 0.0728. The second kappa shape index (κ2) is 4.91. The number of ether oxygens (including phenoxy) is 1. The monoisotopic (exact) mass is 283 g/mol. The predicted octanol–water partition coefficient (Wildman–Crippen LogP) is 1.86. The van der Waals surface area contributed by atoms with Crippen molar-refractivity contribution in [1.29, 1.82) is 0 Å². The van der Waals surface area contributed by atoms with E-state index in [1.165, 1.54) is 11.1 Å². The maximum atomic E-state index is 12.7. The zero-order valence-electron chi connectivity index (χ0n) is 11.8. The number of hydrogen-bond donors (Lipinski definition) is 0. The van der Waals surface area contributed by atoms with E-state index in [9.17, 15) is 4.79 Å². The summed E-state index contributed by atoms with van der Waals surface area (Å²) >= 11 is 0. The fourth-order valence-corrected chi connectivity index (χ4v) is 3.05. The highest BCUT2D eigenvalue weighted by Crippen LogP contribution is 2.26. The van der Waals surface area contributed by atoms with E-state index in [1.54, 1.807) is 10.9 Å². The molecule has 1 aromatic carbocycles. The molecule has 4 rings (SSSR count). The minimum atomic E-state index is 0.0210. The van der Waals surface area contributed by atoms with Crippen molar-refractivity contribution >= 4 is 5.91 Å². The lowest BCUT2D eigenvalue weighted by Crippen LogP contribution is -2.36. The Balaban J connectivity index is 1.60. The number of rotatable bonds is 1. The van der Waals surface area contributed by atoms with Gasteiger partial charge < -0.3 is 9.64 Å². The summed E-state index contributed by atoms with van der Waals surface area (Å²) in [6.45, 7) is 2.90. The van der Waals surface area contributed by atoms with Gasteiger partial charge in [-0.05, 0) is 17.5 Å². The summed E-state index contributed by atoms with van der Waals surface area (Å²) in [7, 11) is 0. The highest BCUT2D eigenvalue weighted by atomic mass is 16.5. The Morgan fingerprint density at radius 1 is 1.19 bits per heavy atom. The lowest BCUT2D eigenvalue weighted by Gasteiger charge is -2.29. The summed E-state index contributed by atoms with van der Waals surface area (Å²) in [6.07, 6.45) is 3.50. The summed E-state index contributed by atoms with van der Waals surface area (Å²) in [4.78, 5) is 14.6. The van der Waals surface area contributed by atoms with Crippen molar-refractivity contribution in [2.45, 2.75) is 25.9 Å². The van der Waals surface area contributed by atoms with Crippen molar-refractivity contribution < 1.29 is 9.53 Å². The zero-order valence-corrected chi connectivity index (χ0v) is 11.8.